The molecule has 0 unspecified atom stereocenters. The molecule has 0 atom stereocenters. The van der Waals surface area contributed by atoms with Gasteiger partial charge in [-0.15, -0.1) is 0 Å². The lowest BCUT2D eigenvalue weighted by Gasteiger charge is -2.06. The quantitative estimate of drug-likeness (QED) is 0.235. The Kier molecular flexibility index (Phi) is 13.9. The van der Waals surface area contributed by atoms with Crippen molar-refractivity contribution in [2.24, 2.45) is 0 Å². The van der Waals surface area contributed by atoms with Gasteiger partial charge in [0.1, 0.15) is 54.6 Å². The lowest BCUT2D eigenvalue weighted by Crippen LogP contribution is -2.11. The summed E-state index contributed by atoms with van der Waals surface area (Å²) in [6, 6.07) is 5.55. The normalized spacial score (nSPS) is 10.9. The van der Waals surface area contributed by atoms with Crippen LogP contribution in [0.3, 0.4) is 0 Å². The second kappa shape index (κ2) is 14.9. The Hall–Kier alpha value is -2.13. The zero-order valence-corrected chi connectivity index (χ0v) is 19.7. The molecule has 0 bridgehead atoms. The van der Waals surface area contributed by atoms with Crippen LogP contribution in [0.4, 0.5) is 17.6 Å². The minimum atomic E-state index is -3.52. The Morgan fingerprint density at radius 1 is 0.727 bits per heavy atom. The average molecular weight is 541 g/mol. The summed E-state index contributed by atoms with van der Waals surface area (Å²) in [5.41, 5.74) is 0. The molecule has 8 nitrogen and oxygen atoms in total. The minimum absolute atomic E-state index is 0.0189. The zero-order valence-electron chi connectivity index (χ0n) is 17.3. The molecular weight excluding hydrogens is 520 g/mol. The van der Waals surface area contributed by atoms with Gasteiger partial charge < -0.3 is 14.6 Å². The second-order valence-corrected chi connectivity index (χ2v) is 10.5. The third-order valence-corrected chi connectivity index (χ3v) is 3.28. The van der Waals surface area contributed by atoms with Gasteiger partial charge in [-0.1, -0.05) is 0 Å². The Labute approximate surface area is 193 Å². The fourth-order valence-electron chi connectivity index (χ4n) is 1.73. The predicted octanol–water partition coefficient (Wildman–Crippen LogP) is 2.84. The van der Waals surface area contributed by atoms with Crippen LogP contribution in [0.2, 0.25) is 0 Å². The van der Waals surface area contributed by atoms with Crippen molar-refractivity contribution < 1.29 is 53.2 Å². The molecule has 0 fully saturated rings. The molecule has 15 heteroatoms. The Balaban J connectivity index is 0.000000530. The highest BCUT2D eigenvalue weighted by molar-refractivity contribution is 8.13. The van der Waals surface area contributed by atoms with Crippen molar-refractivity contribution in [3.63, 3.8) is 0 Å². The first-order chi connectivity index (χ1) is 15.1. The van der Waals surface area contributed by atoms with Gasteiger partial charge in [0.2, 0.25) is 9.05 Å². The van der Waals surface area contributed by atoms with Gasteiger partial charge in [-0.3, -0.25) is 4.18 Å². The first-order valence-electron chi connectivity index (χ1n) is 8.61. The van der Waals surface area contributed by atoms with E-state index in [1.807, 2.05) is 0 Å². The molecule has 0 aliphatic heterocycles. The summed E-state index contributed by atoms with van der Waals surface area (Å²) in [6.45, 7) is -0.478. The lowest BCUT2D eigenvalue weighted by atomic mass is 10.3. The van der Waals surface area contributed by atoms with Gasteiger partial charge in [-0.25, -0.2) is 26.0 Å². The van der Waals surface area contributed by atoms with E-state index in [2.05, 4.69) is 14.9 Å². The van der Waals surface area contributed by atoms with E-state index in [0.29, 0.717) is 6.07 Å². The Morgan fingerprint density at radius 2 is 1.06 bits per heavy atom. The van der Waals surface area contributed by atoms with Crippen LogP contribution in [0.15, 0.2) is 36.4 Å². The molecule has 0 heterocycles. The van der Waals surface area contributed by atoms with Crippen LogP contribution >= 0.6 is 10.7 Å². The first-order valence-corrected chi connectivity index (χ1v) is 13.1. The Bertz CT molecular complexity index is 1030. The largest absolute Gasteiger partial charge is 0.491 e. The van der Waals surface area contributed by atoms with E-state index in [1.165, 1.54) is 0 Å². The molecule has 1 N–H and O–H groups in total. The van der Waals surface area contributed by atoms with Crippen LogP contribution in [0.5, 0.6) is 11.5 Å². The number of hydrogen-bond donors (Lipinski definition) is 1. The summed E-state index contributed by atoms with van der Waals surface area (Å²) in [7, 11) is -2.22. The standard InChI is InChI=1S/C9H10F2O4S.C8H8F2O2.CH3ClO2S/c1-16(12,13)15-3-2-14-9-5-7(10)4-8(11)6-9;9-6-3-7(10)5-8(4-6)12-2-1-11;1-5(2,3)4/h4-6H,2-3H2,1H3;3-5,11H,1-2H2;1H3. The second-order valence-electron chi connectivity index (χ2n) is 5.84. The van der Waals surface area contributed by atoms with Gasteiger partial charge in [0.15, 0.2) is 0 Å². The van der Waals surface area contributed by atoms with Crippen LogP contribution in [-0.4, -0.2) is 60.9 Å². The van der Waals surface area contributed by atoms with Gasteiger partial charge in [-0.2, -0.15) is 8.42 Å². The molecule has 0 spiro atoms. The third kappa shape index (κ3) is 20.2. The smallest absolute Gasteiger partial charge is 0.264 e. The van der Waals surface area contributed by atoms with Gasteiger partial charge >= 0.3 is 0 Å². The highest BCUT2D eigenvalue weighted by Gasteiger charge is 2.04. The fourth-order valence-corrected chi connectivity index (χ4v) is 2.10. The number of rotatable bonds is 8. The Morgan fingerprint density at radius 3 is 1.36 bits per heavy atom. The van der Waals surface area contributed by atoms with Crippen molar-refractivity contribution in [3.8, 4) is 11.5 Å². The summed E-state index contributed by atoms with van der Waals surface area (Å²) < 4.78 is 104. The summed E-state index contributed by atoms with van der Waals surface area (Å²) in [6.07, 6.45) is 1.82. The summed E-state index contributed by atoms with van der Waals surface area (Å²) in [4.78, 5) is 0. The molecule has 0 aliphatic carbocycles. The maximum Gasteiger partial charge on any atom is 0.264 e. The van der Waals surface area contributed by atoms with E-state index in [-0.39, 0.29) is 37.9 Å². The number of benzene rings is 2. The molecule has 0 saturated carbocycles. The zero-order chi connectivity index (χ0) is 25.7. The van der Waals surface area contributed by atoms with Gasteiger partial charge in [-0.05, 0) is 0 Å². The number of hydrogen-bond acceptors (Lipinski definition) is 8. The van der Waals surface area contributed by atoms with Gasteiger partial charge in [0, 0.05) is 47.1 Å². The fraction of sp³-hybridized carbons (Fsp3) is 0.333. The maximum absolute atomic E-state index is 12.7. The van der Waals surface area contributed by atoms with Crippen molar-refractivity contribution in [1.82, 2.24) is 0 Å². The molecule has 0 radical (unpaired) electrons. The monoisotopic (exact) mass is 540 g/mol. The van der Waals surface area contributed by atoms with Crippen molar-refractivity contribution in [2.45, 2.75) is 0 Å². The minimum Gasteiger partial charge on any atom is -0.491 e. The van der Waals surface area contributed by atoms with E-state index < -0.39 is 42.4 Å². The van der Waals surface area contributed by atoms with Crippen molar-refractivity contribution in [3.05, 3.63) is 59.7 Å². The van der Waals surface area contributed by atoms with Crippen LogP contribution in [0, 0.1) is 23.3 Å². The summed E-state index contributed by atoms with van der Waals surface area (Å²) >= 11 is 0. The van der Waals surface area contributed by atoms with Gasteiger partial charge in [0.25, 0.3) is 10.1 Å². The van der Waals surface area contributed by atoms with E-state index in [9.17, 15) is 34.4 Å². The molecule has 0 saturated heterocycles. The SMILES string of the molecule is CS(=O)(=O)Cl.CS(=O)(=O)OCCOc1cc(F)cc(F)c1.OCCOc1cc(F)cc(F)c1. The highest BCUT2D eigenvalue weighted by Crippen LogP contribution is 2.15. The maximum atomic E-state index is 12.7. The molecule has 33 heavy (non-hydrogen) atoms. The molecule has 2 aromatic carbocycles. The van der Waals surface area contributed by atoms with E-state index in [1.54, 1.807) is 0 Å². The van der Waals surface area contributed by atoms with E-state index in [4.69, 9.17) is 14.6 Å². The number of aliphatic hydroxyl groups excluding tert-OH is 1. The topological polar surface area (TPSA) is 116 Å². The molecule has 0 aliphatic rings. The molecule has 0 amide bonds. The van der Waals surface area contributed by atoms with Crippen molar-refractivity contribution in [1.29, 1.82) is 0 Å². The van der Waals surface area contributed by atoms with E-state index in [0.717, 1.165) is 42.8 Å². The van der Waals surface area contributed by atoms with Crippen molar-refractivity contribution >= 4 is 29.9 Å². The van der Waals surface area contributed by atoms with Crippen LogP contribution in [-0.2, 0) is 23.4 Å². The third-order valence-electron chi connectivity index (χ3n) is 2.68. The number of aliphatic hydroxyl groups is 1. The molecule has 188 valence electrons. The van der Waals surface area contributed by atoms with E-state index >= 15 is 0 Å². The lowest BCUT2D eigenvalue weighted by molar-refractivity contribution is 0.200. The number of ether oxygens (including phenoxy) is 2. The van der Waals surface area contributed by atoms with Crippen molar-refractivity contribution in [2.75, 3.05) is 38.9 Å². The highest BCUT2D eigenvalue weighted by atomic mass is 35.7. The summed E-state index contributed by atoms with van der Waals surface area (Å²) in [5.74, 6) is -2.85. The molecule has 0 aromatic heterocycles. The first kappa shape index (κ1) is 30.9. The molecule has 2 aromatic rings. The molecule has 2 rings (SSSR count). The van der Waals surface area contributed by atoms with Crippen LogP contribution < -0.4 is 9.47 Å². The van der Waals surface area contributed by atoms with Crippen LogP contribution in [0.25, 0.3) is 0 Å². The molecular formula is C18H21ClF4O8S2. The van der Waals surface area contributed by atoms with Crippen LogP contribution in [0.1, 0.15) is 0 Å². The average Bonchev–Trinajstić information content (AvgIpc) is 2.60. The number of halogens is 5. The summed E-state index contributed by atoms with van der Waals surface area (Å²) in [5, 5.41) is 8.35. The predicted molar refractivity (Wildman–Crippen MR) is 112 cm³/mol. The van der Waals surface area contributed by atoms with Gasteiger partial charge in [0.05, 0.1) is 19.1 Å².